The fourth-order valence-corrected chi connectivity index (χ4v) is 2.35. The number of likely N-dealkylation sites (tertiary alicyclic amines) is 1. The van der Waals surface area contributed by atoms with Crippen molar-refractivity contribution in [2.45, 2.75) is 32.8 Å². The third-order valence-corrected chi connectivity index (χ3v) is 3.06. The van der Waals surface area contributed by atoms with Crippen LogP contribution < -0.4 is 0 Å². The summed E-state index contributed by atoms with van der Waals surface area (Å²) in [6.45, 7) is 5.32. The van der Waals surface area contributed by atoms with Crippen LogP contribution in [0.5, 0.6) is 0 Å². The quantitative estimate of drug-likeness (QED) is 0.743. The topological polar surface area (TPSA) is 82.1 Å². The molecule has 1 aromatic heterocycles. The molecule has 0 spiro atoms. The minimum absolute atomic E-state index is 0.0741. The van der Waals surface area contributed by atoms with Crippen molar-refractivity contribution in [2.24, 2.45) is 5.41 Å². The highest BCUT2D eigenvalue weighted by Gasteiger charge is 2.32. The molecule has 1 aliphatic rings. The standard InChI is InChI=1S/C11H18N4O2/c1-11(2)5-8(16)3-4-15(7-11)10(17)9-6-12-14-13-9/h6,8,16H,3-5,7H2,1-2H3,(H,12,13,14). The highest BCUT2D eigenvalue weighted by atomic mass is 16.3. The molecular formula is C11H18N4O2. The fraction of sp³-hybridized carbons (Fsp3) is 0.727. The molecule has 2 N–H and O–H groups in total. The number of aliphatic hydroxyl groups excluding tert-OH is 1. The van der Waals surface area contributed by atoms with Crippen LogP contribution >= 0.6 is 0 Å². The van der Waals surface area contributed by atoms with E-state index in [1.165, 1.54) is 6.20 Å². The largest absolute Gasteiger partial charge is 0.393 e. The van der Waals surface area contributed by atoms with Gasteiger partial charge >= 0.3 is 0 Å². The Kier molecular flexibility index (Phi) is 3.15. The van der Waals surface area contributed by atoms with E-state index in [2.05, 4.69) is 29.3 Å². The van der Waals surface area contributed by atoms with Gasteiger partial charge in [0.15, 0.2) is 5.69 Å². The molecule has 1 unspecified atom stereocenters. The summed E-state index contributed by atoms with van der Waals surface area (Å²) in [5.41, 5.74) is 0.257. The Hall–Kier alpha value is -1.43. The van der Waals surface area contributed by atoms with Gasteiger partial charge in [0.05, 0.1) is 12.3 Å². The molecular weight excluding hydrogens is 220 g/mol. The number of aromatic nitrogens is 3. The zero-order chi connectivity index (χ0) is 12.5. The Balaban J connectivity index is 2.13. The number of nitrogens with zero attached hydrogens (tertiary/aromatic N) is 3. The summed E-state index contributed by atoms with van der Waals surface area (Å²) in [6.07, 6.45) is 2.43. The average Bonchev–Trinajstić information content (AvgIpc) is 2.71. The van der Waals surface area contributed by atoms with Crippen LogP contribution in [0.2, 0.25) is 0 Å². The molecule has 0 bridgehead atoms. The molecule has 1 aromatic rings. The van der Waals surface area contributed by atoms with Gasteiger partial charge < -0.3 is 10.0 Å². The molecule has 2 rings (SSSR count). The number of carbonyl (C=O) groups is 1. The molecule has 1 saturated heterocycles. The Morgan fingerprint density at radius 2 is 2.41 bits per heavy atom. The van der Waals surface area contributed by atoms with Crippen LogP contribution in [0.15, 0.2) is 6.20 Å². The van der Waals surface area contributed by atoms with Gasteiger partial charge in [-0.2, -0.15) is 15.4 Å². The smallest absolute Gasteiger partial charge is 0.276 e. The van der Waals surface area contributed by atoms with Crippen LogP contribution in [0, 0.1) is 5.41 Å². The highest BCUT2D eigenvalue weighted by Crippen LogP contribution is 2.28. The lowest BCUT2D eigenvalue weighted by atomic mass is 9.87. The van der Waals surface area contributed by atoms with E-state index in [0.717, 1.165) is 6.42 Å². The van der Waals surface area contributed by atoms with Crippen molar-refractivity contribution in [3.63, 3.8) is 0 Å². The predicted molar refractivity (Wildman–Crippen MR) is 61.3 cm³/mol. The zero-order valence-electron chi connectivity index (χ0n) is 10.2. The van der Waals surface area contributed by atoms with E-state index < -0.39 is 0 Å². The molecule has 0 aliphatic carbocycles. The number of hydrogen-bond donors (Lipinski definition) is 2. The van der Waals surface area contributed by atoms with Gasteiger partial charge in [-0.05, 0) is 18.3 Å². The second-order valence-electron chi connectivity index (χ2n) is 5.39. The molecule has 94 valence electrons. The van der Waals surface area contributed by atoms with Gasteiger partial charge in [0.1, 0.15) is 0 Å². The zero-order valence-corrected chi connectivity index (χ0v) is 10.2. The first kappa shape index (κ1) is 12.0. The third kappa shape index (κ3) is 2.82. The minimum Gasteiger partial charge on any atom is -0.393 e. The van der Waals surface area contributed by atoms with E-state index in [1.54, 1.807) is 4.90 Å². The molecule has 1 aliphatic heterocycles. The summed E-state index contributed by atoms with van der Waals surface area (Å²) >= 11 is 0. The number of aliphatic hydroxyl groups is 1. The molecule has 17 heavy (non-hydrogen) atoms. The molecule has 1 atom stereocenters. The molecule has 6 heteroatoms. The number of carbonyl (C=O) groups excluding carboxylic acids is 1. The van der Waals surface area contributed by atoms with E-state index in [1.807, 2.05) is 0 Å². The summed E-state index contributed by atoms with van der Waals surface area (Å²) < 4.78 is 0. The van der Waals surface area contributed by atoms with E-state index in [-0.39, 0.29) is 17.4 Å². The summed E-state index contributed by atoms with van der Waals surface area (Å²) in [4.78, 5) is 13.9. The SMILES string of the molecule is CC1(C)CC(O)CCN(C(=O)c2cn[nH]n2)C1. The van der Waals surface area contributed by atoms with Gasteiger partial charge in [0.2, 0.25) is 0 Å². The van der Waals surface area contributed by atoms with Crippen molar-refractivity contribution < 1.29 is 9.90 Å². The summed E-state index contributed by atoms with van der Waals surface area (Å²) in [5.74, 6) is -0.124. The van der Waals surface area contributed by atoms with Crippen molar-refractivity contribution in [3.05, 3.63) is 11.9 Å². The number of nitrogens with one attached hydrogen (secondary N) is 1. The maximum Gasteiger partial charge on any atom is 0.276 e. The molecule has 0 radical (unpaired) electrons. The van der Waals surface area contributed by atoms with Crippen LogP contribution in [-0.4, -0.2) is 50.5 Å². The van der Waals surface area contributed by atoms with Crippen molar-refractivity contribution >= 4 is 5.91 Å². The number of hydrogen-bond acceptors (Lipinski definition) is 4. The first-order valence-corrected chi connectivity index (χ1v) is 5.81. The molecule has 2 heterocycles. The van der Waals surface area contributed by atoms with E-state index in [4.69, 9.17) is 0 Å². The van der Waals surface area contributed by atoms with Crippen molar-refractivity contribution in [2.75, 3.05) is 13.1 Å². The number of aromatic amines is 1. The second kappa shape index (κ2) is 4.44. The Morgan fingerprint density at radius 3 is 3.06 bits per heavy atom. The summed E-state index contributed by atoms with van der Waals surface area (Å²) in [7, 11) is 0. The lowest BCUT2D eigenvalue weighted by molar-refractivity contribution is 0.0699. The minimum atomic E-state index is -0.333. The normalized spacial score (nSPS) is 24.4. The lowest BCUT2D eigenvalue weighted by Gasteiger charge is -2.29. The third-order valence-electron chi connectivity index (χ3n) is 3.06. The van der Waals surface area contributed by atoms with Crippen LogP contribution in [0.1, 0.15) is 37.2 Å². The van der Waals surface area contributed by atoms with Crippen molar-refractivity contribution in [1.29, 1.82) is 0 Å². The van der Waals surface area contributed by atoms with Crippen LogP contribution in [-0.2, 0) is 0 Å². The van der Waals surface area contributed by atoms with Gasteiger partial charge in [-0.3, -0.25) is 4.79 Å². The first-order chi connectivity index (χ1) is 7.98. The summed E-state index contributed by atoms with van der Waals surface area (Å²) in [5, 5.41) is 19.7. The van der Waals surface area contributed by atoms with Gasteiger partial charge in [-0.15, -0.1) is 0 Å². The van der Waals surface area contributed by atoms with Gasteiger partial charge in [0.25, 0.3) is 5.91 Å². The Labute approximate surface area is 100 Å². The molecule has 0 aromatic carbocycles. The second-order valence-corrected chi connectivity index (χ2v) is 5.39. The summed E-state index contributed by atoms with van der Waals surface area (Å²) in [6, 6.07) is 0. The van der Waals surface area contributed by atoms with Gasteiger partial charge in [-0.25, -0.2) is 0 Å². The highest BCUT2D eigenvalue weighted by molar-refractivity contribution is 5.91. The maximum absolute atomic E-state index is 12.1. The molecule has 1 amide bonds. The Bertz CT molecular complexity index is 388. The fourth-order valence-electron chi connectivity index (χ4n) is 2.35. The number of H-pyrrole nitrogens is 1. The van der Waals surface area contributed by atoms with Gasteiger partial charge in [0, 0.05) is 13.1 Å². The van der Waals surface area contributed by atoms with Crippen LogP contribution in [0.3, 0.4) is 0 Å². The number of amides is 1. The predicted octanol–water partition coefficient (Wildman–Crippen LogP) is 0.428. The average molecular weight is 238 g/mol. The first-order valence-electron chi connectivity index (χ1n) is 5.81. The van der Waals surface area contributed by atoms with Gasteiger partial charge in [-0.1, -0.05) is 13.8 Å². The molecule has 1 fully saturated rings. The molecule has 0 saturated carbocycles. The van der Waals surface area contributed by atoms with Crippen molar-refractivity contribution in [1.82, 2.24) is 20.3 Å². The van der Waals surface area contributed by atoms with Crippen LogP contribution in [0.25, 0.3) is 0 Å². The number of rotatable bonds is 1. The lowest BCUT2D eigenvalue weighted by Crippen LogP contribution is -2.37. The Morgan fingerprint density at radius 1 is 1.65 bits per heavy atom. The van der Waals surface area contributed by atoms with E-state index in [9.17, 15) is 9.90 Å². The van der Waals surface area contributed by atoms with Crippen LogP contribution in [0.4, 0.5) is 0 Å². The molecule has 6 nitrogen and oxygen atoms in total. The monoisotopic (exact) mass is 238 g/mol. The maximum atomic E-state index is 12.1. The van der Waals surface area contributed by atoms with Crippen molar-refractivity contribution in [3.8, 4) is 0 Å². The van der Waals surface area contributed by atoms with E-state index >= 15 is 0 Å². The van der Waals surface area contributed by atoms with E-state index in [0.29, 0.717) is 25.2 Å².